The molecule has 0 heterocycles. The third-order valence-corrected chi connectivity index (χ3v) is 5.74. The summed E-state index contributed by atoms with van der Waals surface area (Å²) >= 11 is 0. The predicted octanol–water partition coefficient (Wildman–Crippen LogP) is 7.50. The number of allylic oxidation sites excluding steroid dienone is 2. The fourth-order valence-electron chi connectivity index (χ4n) is 3.81. The van der Waals surface area contributed by atoms with Gasteiger partial charge in [0.15, 0.2) is 17.5 Å². The van der Waals surface area contributed by atoms with Gasteiger partial charge in [-0.2, -0.15) is 0 Å². The molecule has 2 aromatic carbocycles. The number of halogens is 3. The quantitative estimate of drug-likeness (QED) is 0.246. The van der Waals surface area contributed by atoms with Gasteiger partial charge in [-0.25, -0.2) is 13.2 Å². The highest BCUT2D eigenvalue weighted by atomic mass is 19.2. The highest BCUT2D eigenvalue weighted by Gasteiger charge is 2.25. The first-order valence-electron chi connectivity index (χ1n) is 11.0. The molecule has 0 bridgehead atoms. The van der Waals surface area contributed by atoms with Crippen molar-refractivity contribution in [2.45, 2.75) is 44.3 Å². The summed E-state index contributed by atoms with van der Waals surface area (Å²) in [6, 6.07) is 10.1. The molecule has 3 rings (SSSR count). The summed E-state index contributed by atoms with van der Waals surface area (Å²) in [4.78, 5) is 0. The summed E-state index contributed by atoms with van der Waals surface area (Å²) in [5.74, 6) is -2.47. The van der Waals surface area contributed by atoms with Gasteiger partial charge in [0.2, 0.25) is 0 Å². The van der Waals surface area contributed by atoms with Crippen molar-refractivity contribution in [1.82, 2.24) is 0 Å². The Kier molecular flexibility index (Phi) is 10.2. The Hall–Kier alpha value is -3.25. The van der Waals surface area contributed by atoms with Gasteiger partial charge in [-0.05, 0) is 48.3 Å². The standard InChI is InChI=1S/C26H27F3O3.C2H4/c1-16(14-24(27)17(2)31-3)32-15-18-4-6-19(7-5-18)22-12-13-23(26(29)25(22)28)20-8-10-21(30)11-9-20;1-2/h4-7,12-14,20-21,30H,1-2,8-11,15H2,3H3;1-2H2/b24-14+;. The number of hydrogen-bond acceptors (Lipinski definition) is 3. The Morgan fingerprint density at radius 1 is 1.00 bits per heavy atom. The maximum atomic E-state index is 14.8. The number of benzene rings is 2. The first kappa shape index (κ1) is 27.0. The maximum absolute atomic E-state index is 14.8. The average Bonchev–Trinajstić information content (AvgIpc) is 2.86. The molecule has 34 heavy (non-hydrogen) atoms. The number of aliphatic hydroxyl groups excluding tert-OH is 1. The van der Waals surface area contributed by atoms with Crippen LogP contribution in [0.5, 0.6) is 0 Å². The van der Waals surface area contributed by atoms with E-state index < -0.39 is 17.5 Å². The fraction of sp³-hybridized carbons (Fsp3) is 0.286. The number of hydrogen-bond donors (Lipinski definition) is 1. The van der Waals surface area contributed by atoms with E-state index in [9.17, 15) is 18.3 Å². The maximum Gasteiger partial charge on any atom is 0.168 e. The molecule has 0 spiro atoms. The van der Waals surface area contributed by atoms with Gasteiger partial charge in [-0.1, -0.05) is 49.6 Å². The van der Waals surface area contributed by atoms with Crippen LogP contribution in [-0.2, 0) is 16.1 Å². The summed E-state index contributed by atoms with van der Waals surface area (Å²) in [5, 5.41) is 9.64. The molecule has 1 N–H and O–H groups in total. The van der Waals surface area contributed by atoms with E-state index in [1.807, 2.05) is 0 Å². The molecular weight excluding hydrogens is 441 g/mol. The number of rotatable bonds is 8. The van der Waals surface area contributed by atoms with Crippen LogP contribution < -0.4 is 0 Å². The summed E-state index contributed by atoms with van der Waals surface area (Å²) in [7, 11) is 1.31. The van der Waals surface area contributed by atoms with Gasteiger partial charge in [0.25, 0.3) is 0 Å². The normalized spacial score (nSPS) is 17.9. The molecule has 1 aliphatic rings. The van der Waals surface area contributed by atoms with E-state index in [1.165, 1.54) is 7.11 Å². The fourth-order valence-corrected chi connectivity index (χ4v) is 3.81. The minimum absolute atomic E-state index is 0.0745. The zero-order chi connectivity index (χ0) is 25.3. The molecule has 0 aromatic heterocycles. The lowest BCUT2D eigenvalue weighted by atomic mass is 9.82. The molecule has 0 aliphatic heterocycles. The summed E-state index contributed by atoms with van der Waals surface area (Å²) in [6.45, 7) is 13.2. The van der Waals surface area contributed by atoms with Gasteiger partial charge in [0.1, 0.15) is 18.1 Å². The van der Waals surface area contributed by atoms with E-state index in [2.05, 4.69) is 26.3 Å². The Bertz CT molecular complexity index is 1020. The Labute approximate surface area is 199 Å². The summed E-state index contributed by atoms with van der Waals surface area (Å²) in [5.41, 5.74) is 1.85. The molecule has 3 nitrogen and oxygen atoms in total. The molecule has 0 radical (unpaired) electrons. The van der Waals surface area contributed by atoms with Crippen LogP contribution in [0.1, 0.15) is 42.7 Å². The van der Waals surface area contributed by atoms with Crippen LogP contribution in [0.15, 0.2) is 86.1 Å². The molecule has 1 saturated carbocycles. The van der Waals surface area contributed by atoms with Gasteiger partial charge in [-0.15, -0.1) is 13.2 Å². The molecule has 2 aromatic rings. The van der Waals surface area contributed by atoms with E-state index in [4.69, 9.17) is 9.47 Å². The number of aliphatic hydroxyl groups is 1. The van der Waals surface area contributed by atoms with Crippen LogP contribution in [0, 0.1) is 11.6 Å². The van der Waals surface area contributed by atoms with Crippen LogP contribution in [0.4, 0.5) is 13.2 Å². The minimum atomic E-state index is -0.870. The zero-order valence-electron chi connectivity index (χ0n) is 19.5. The van der Waals surface area contributed by atoms with Gasteiger partial charge in [0, 0.05) is 11.6 Å². The topological polar surface area (TPSA) is 38.7 Å². The van der Waals surface area contributed by atoms with Crippen molar-refractivity contribution in [2.75, 3.05) is 7.11 Å². The third kappa shape index (κ3) is 6.87. The second kappa shape index (κ2) is 12.8. The van der Waals surface area contributed by atoms with Crippen molar-refractivity contribution in [3.05, 3.63) is 109 Å². The SMILES string of the molecule is C=C.C=C(/C=C(/F)C(=C)OC)OCc1ccc(-c2ccc(C3CCC(O)CC3)c(F)c2F)cc1. The van der Waals surface area contributed by atoms with Crippen LogP contribution in [0.2, 0.25) is 0 Å². The molecule has 6 heteroatoms. The van der Waals surface area contributed by atoms with Gasteiger partial charge < -0.3 is 14.6 Å². The molecule has 1 aliphatic carbocycles. The largest absolute Gasteiger partial charge is 0.494 e. The van der Waals surface area contributed by atoms with Crippen molar-refractivity contribution in [1.29, 1.82) is 0 Å². The van der Waals surface area contributed by atoms with Crippen molar-refractivity contribution >= 4 is 0 Å². The van der Waals surface area contributed by atoms with E-state index in [0.717, 1.165) is 11.6 Å². The Morgan fingerprint density at radius 2 is 1.62 bits per heavy atom. The zero-order valence-corrected chi connectivity index (χ0v) is 19.5. The van der Waals surface area contributed by atoms with E-state index in [-0.39, 0.29) is 35.7 Å². The number of ether oxygens (including phenoxy) is 2. The van der Waals surface area contributed by atoms with Crippen LogP contribution in [0.25, 0.3) is 11.1 Å². The molecule has 0 unspecified atom stereocenters. The second-order valence-corrected chi connectivity index (χ2v) is 7.91. The van der Waals surface area contributed by atoms with Crippen molar-refractivity contribution in [2.24, 2.45) is 0 Å². The lowest BCUT2D eigenvalue weighted by Crippen LogP contribution is -2.18. The highest BCUT2D eigenvalue weighted by Crippen LogP contribution is 2.37. The van der Waals surface area contributed by atoms with E-state index >= 15 is 0 Å². The first-order valence-corrected chi connectivity index (χ1v) is 11.0. The summed E-state index contributed by atoms with van der Waals surface area (Å²) in [6.07, 6.45) is 3.23. The Morgan fingerprint density at radius 3 is 2.21 bits per heavy atom. The van der Waals surface area contributed by atoms with Crippen molar-refractivity contribution < 1.29 is 27.8 Å². The smallest absolute Gasteiger partial charge is 0.168 e. The van der Waals surface area contributed by atoms with Gasteiger partial charge in [-0.3, -0.25) is 0 Å². The molecular formula is C28H31F3O3. The van der Waals surface area contributed by atoms with Crippen molar-refractivity contribution in [3.8, 4) is 11.1 Å². The molecule has 0 atom stereocenters. The first-order chi connectivity index (χ1) is 16.3. The van der Waals surface area contributed by atoms with Crippen LogP contribution >= 0.6 is 0 Å². The molecule has 1 fully saturated rings. The highest BCUT2D eigenvalue weighted by molar-refractivity contribution is 5.65. The minimum Gasteiger partial charge on any atom is -0.494 e. The van der Waals surface area contributed by atoms with Crippen LogP contribution in [0.3, 0.4) is 0 Å². The lowest BCUT2D eigenvalue weighted by molar-refractivity contribution is 0.122. The van der Waals surface area contributed by atoms with E-state index in [1.54, 1.807) is 36.4 Å². The predicted molar refractivity (Wildman–Crippen MR) is 130 cm³/mol. The third-order valence-electron chi connectivity index (χ3n) is 5.74. The molecule has 0 saturated heterocycles. The average molecular weight is 473 g/mol. The molecule has 182 valence electrons. The second-order valence-electron chi connectivity index (χ2n) is 7.91. The summed E-state index contributed by atoms with van der Waals surface area (Å²) < 4.78 is 53.4. The van der Waals surface area contributed by atoms with Crippen LogP contribution in [-0.4, -0.2) is 18.3 Å². The van der Waals surface area contributed by atoms with Crippen molar-refractivity contribution in [3.63, 3.8) is 0 Å². The van der Waals surface area contributed by atoms with Gasteiger partial charge in [0.05, 0.1) is 13.2 Å². The van der Waals surface area contributed by atoms with E-state index in [0.29, 0.717) is 36.8 Å². The van der Waals surface area contributed by atoms with Gasteiger partial charge >= 0.3 is 0 Å². The Balaban J connectivity index is 0.00000199. The monoisotopic (exact) mass is 472 g/mol. The lowest BCUT2D eigenvalue weighted by Gasteiger charge is -2.26. The molecule has 0 amide bonds. The number of methoxy groups -OCH3 is 1.